The molecule has 1 saturated heterocycles. The van der Waals surface area contributed by atoms with Crippen molar-refractivity contribution >= 4 is 11.6 Å². The Morgan fingerprint density at radius 3 is 2.12 bits per heavy atom. The van der Waals surface area contributed by atoms with Gasteiger partial charge in [-0.3, -0.25) is 9.78 Å². The molecule has 0 radical (unpaired) electrons. The summed E-state index contributed by atoms with van der Waals surface area (Å²) in [4.78, 5) is 21.4. The van der Waals surface area contributed by atoms with Crippen LogP contribution in [0.4, 0.5) is 5.69 Å². The molecule has 3 rings (SSSR count). The van der Waals surface area contributed by atoms with Crippen LogP contribution in [0.5, 0.6) is 0 Å². The van der Waals surface area contributed by atoms with E-state index >= 15 is 0 Å². The first kappa shape index (κ1) is 17.2. The highest BCUT2D eigenvalue weighted by molar-refractivity contribution is 5.79. The van der Waals surface area contributed by atoms with Gasteiger partial charge >= 0.3 is 0 Å². The monoisotopic (exact) mass is 329 g/mol. The first-order valence-corrected chi connectivity index (χ1v) is 9.39. The molecule has 2 fully saturated rings. The highest BCUT2D eigenvalue weighted by Crippen LogP contribution is 2.40. The van der Waals surface area contributed by atoms with Crippen LogP contribution in [-0.4, -0.2) is 42.0 Å². The average molecular weight is 329 g/mol. The zero-order valence-electron chi connectivity index (χ0n) is 15.4. The Hall–Kier alpha value is -1.58. The van der Waals surface area contributed by atoms with E-state index in [1.165, 1.54) is 18.5 Å². The predicted molar refractivity (Wildman–Crippen MR) is 97.9 cm³/mol. The number of anilines is 1. The third-order valence-corrected chi connectivity index (χ3v) is 5.92. The minimum absolute atomic E-state index is 0.260. The molecule has 1 amide bonds. The van der Waals surface area contributed by atoms with Gasteiger partial charge in [0.15, 0.2) is 0 Å². The van der Waals surface area contributed by atoms with E-state index in [0.717, 1.165) is 44.9 Å². The summed E-state index contributed by atoms with van der Waals surface area (Å²) < 4.78 is 0. The lowest BCUT2D eigenvalue weighted by atomic mass is 9.69. The van der Waals surface area contributed by atoms with Crippen molar-refractivity contribution in [1.29, 1.82) is 0 Å². The number of rotatable bonds is 2. The summed E-state index contributed by atoms with van der Waals surface area (Å²) in [5.74, 6) is 1.43. The molecule has 0 aromatic carbocycles. The smallest absolute Gasteiger partial charge is 0.225 e. The van der Waals surface area contributed by atoms with E-state index < -0.39 is 0 Å². The number of piperazine rings is 1. The summed E-state index contributed by atoms with van der Waals surface area (Å²) in [6.45, 7) is 10.5. The van der Waals surface area contributed by atoms with Gasteiger partial charge in [-0.05, 0) is 49.1 Å². The summed E-state index contributed by atoms with van der Waals surface area (Å²) in [6, 6.07) is 4.09. The minimum atomic E-state index is 0.260. The van der Waals surface area contributed by atoms with Crippen LogP contribution in [0.2, 0.25) is 0 Å². The Kier molecular flexibility index (Phi) is 5.12. The van der Waals surface area contributed by atoms with Gasteiger partial charge in [-0.15, -0.1) is 0 Å². The number of hydrogen-bond donors (Lipinski definition) is 0. The Morgan fingerprint density at radius 2 is 1.58 bits per heavy atom. The average Bonchev–Trinajstić information content (AvgIpc) is 2.61. The van der Waals surface area contributed by atoms with Crippen molar-refractivity contribution < 1.29 is 4.79 Å². The molecule has 0 spiro atoms. The fraction of sp³-hybridized carbons (Fsp3) is 0.700. The van der Waals surface area contributed by atoms with E-state index in [2.05, 4.69) is 35.6 Å². The number of carbonyl (C=O) groups is 1. The molecule has 0 unspecified atom stereocenters. The second-order valence-electron chi connectivity index (χ2n) is 8.43. The van der Waals surface area contributed by atoms with Crippen molar-refractivity contribution in [2.45, 2.75) is 46.5 Å². The maximum absolute atomic E-state index is 12.9. The van der Waals surface area contributed by atoms with E-state index in [0.29, 0.717) is 11.3 Å². The van der Waals surface area contributed by atoms with Crippen LogP contribution in [0.15, 0.2) is 24.5 Å². The lowest BCUT2D eigenvalue weighted by molar-refractivity contribution is -0.137. The summed E-state index contributed by atoms with van der Waals surface area (Å²) in [7, 11) is 0. The quantitative estimate of drug-likeness (QED) is 0.832. The van der Waals surface area contributed by atoms with Gasteiger partial charge in [-0.2, -0.15) is 0 Å². The fourth-order valence-corrected chi connectivity index (χ4v) is 4.20. The first-order chi connectivity index (χ1) is 11.4. The predicted octanol–water partition coefficient (Wildman–Crippen LogP) is 3.58. The van der Waals surface area contributed by atoms with E-state index in [-0.39, 0.29) is 5.92 Å². The number of carbonyl (C=O) groups excluding carboxylic acids is 1. The molecule has 1 saturated carbocycles. The van der Waals surface area contributed by atoms with Gasteiger partial charge in [0.1, 0.15) is 0 Å². The molecule has 132 valence electrons. The molecule has 24 heavy (non-hydrogen) atoms. The van der Waals surface area contributed by atoms with Crippen molar-refractivity contribution in [3.8, 4) is 0 Å². The van der Waals surface area contributed by atoms with Crippen molar-refractivity contribution in [3.63, 3.8) is 0 Å². The second-order valence-corrected chi connectivity index (χ2v) is 8.43. The van der Waals surface area contributed by atoms with Crippen LogP contribution in [0.25, 0.3) is 0 Å². The van der Waals surface area contributed by atoms with Crippen molar-refractivity contribution in [1.82, 2.24) is 9.88 Å². The van der Waals surface area contributed by atoms with E-state index in [4.69, 9.17) is 0 Å². The molecule has 0 bridgehead atoms. The van der Waals surface area contributed by atoms with E-state index in [1.807, 2.05) is 24.5 Å². The van der Waals surface area contributed by atoms with Crippen LogP contribution in [0, 0.1) is 17.3 Å². The summed E-state index contributed by atoms with van der Waals surface area (Å²) in [5.41, 5.74) is 1.59. The van der Waals surface area contributed by atoms with Gasteiger partial charge in [0.05, 0.1) is 0 Å². The van der Waals surface area contributed by atoms with Crippen molar-refractivity contribution in [2.75, 3.05) is 31.1 Å². The summed E-state index contributed by atoms with van der Waals surface area (Å²) in [5, 5.41) is 0. The summed E-state index contributed by atoms with van der Waals surface area (Å²) in [6.07, 6.45) is 8.23. The molecule has 0 N–H and O–H groups in total. The van der Waals surface area contributed by atoms with E-state index in [9.17, 15) is 4.79 Å². The van der Waals surface area contributed by atoms with Crippen LogP contribution in [0.3, 0.4) is 0 Å². The molecule has 2 aliphatic rings. The molecule has 1 aromatic heterocycles. The van der Waals surface area contributed by atoms with Gasteiger partial charge in [0.25, 0.3) is 0 Å². The van der Waals surface area contributed by atoms with Crippen molar-refractivity contribution in [3.05, 3.63) is 24.5 Å². The largest absolute Gasteiger partial charge is 0.368 e. The third-order valence-electron chi connectivity index (χ3n) is 5.92. The molecule has 1 aliphatic carbocycles. The lowest BCUT2D eigenvalue weighted by Crippen LogP contribution is -2.51. The third kappa shape index (κ3) is 3.90. The maximum atomic E-state index is 12.9. The van der Waals surface area contributed by atoms with Gasteiger partial charge in [0.2, 0.25) is 5.91 Å². The van der Waals surface area contributed by atoms with Gasteiger partial charge in [-0.1, -0.05) is 20.8 Å². The number of amides is 1. The SMILES string of the molecule is CC(C)(C)C1CCC(C(=O)N2CCN(c3ccncc3)CC2)CC1. The Balaban J connectivity index is 1.49. The standard InChI is InChI=1S/C20H31N3O/c1-20(2,3)17-6-4-16(5-7-17)19(24)23-14-12-22(13-15-23)18-8-10-21-11-9-18/h8-11,16-17H,4-7,12-15H2,1-3H3. The molecule has 2 heterocycles. The zero-order chi connectivity index (χ0) is 17.2. The van der Waals surface area contributed by atoms with Crippen LogP contribution in [0.1, 0.15) is 46.5 Å². The molecule has 1 aromatic rings. The number of aromatic nitrogens is 1. The molecule has 1 aliphatic heterocycles. The molecular formula is C20H31N3O. The van der Waals surface area contributed by atoms with Gasteiger partial charge in [0, 0.05) is 50.2 Å². The van der Waals surface area contributed by atoms with Crippen LogP contribution >= 0.6 is 0 Å². The van der Waals surface area contributed by atoms with Crippen LogP contribution in [-0.2, 0) is 4.79 Å². The normalized spacial score (nSPS) is 25.6. The molecule has 4 heteroatoms. The highest BCUT2D eigenvalue weighted by Gasteiger charge is 2.34. The number of nitrogens with zero attached hydrogens (tertiary/aromatic N) is 3. The Morgan fingerprint density at radius 1 is 1.00 bits per heavy atom. The molecular weight excluding hydrogens is 298 g/mol. The van der Waals surface area contributed by atoms with Gasteiger partial charge < -0.3 is 9.80 Å². The first-order valence-electron chi connectivity index (χ1n) is 9.39. The lowest BCUT2D eigenvalue weighted by Gasteiger charge is -2.40. The summed E-state index contributed by atoms with van der Waals surface area (Å²) >= 11 is 0. The fourth-order valence-electron chi connectivity index (χ4n) is 4.20. The zero-order valence-corrected chi connectivity index (χ0v) is 15.4. The second kappa shape index (κ2) is 7.12. The minimum Gasteiger partial charge on any atom is -0.368 e. The topological polar surface area (TPSA) is 36.4 Å². The van der Waals surface area contributed by atoms with Gasteiger partial charge in [-0.25, -0.2) is 0 Å². The molecule has 4 nitrogen and oxygen atoms in total. The maximum Gasteiger partial charge on any atom is 0.225 e. The number of hydrogen-bond acceptors (Lipinski definition) is 3. The van der Waals surface area contributed by atoms with Crippen LogP contribution < -0.4 is 4.90 Å². The van der Waals surface area contributed by atoms with E-state index in [1.54, 1.807) is 0 Å². The Labute approximate surface area is 146 Å². The Bertz CT molecular complexity index is 536. The van der Waals surface area contributed by atoms with Crippen molar-refractivity contribution in [2.24, 2.45) is 17.3 Å². The molecule has 0 atom stereocenters. The number of pyridine rings is 1. The highest BCUT2D eigenvalue weighted by atomic mass is 16.2.